The van der Waals surface area contributed by atoms with E-state index in [9.17, 15) is 9.59 Å². The number of rotatable bonds is 9. The summed E-state index contributed by atoms with van der Waals surface area (Å²) < 4.78 is 5.19. The second-order valence-electron chi connectivity index (χ2n) is 6.07. The van der Waals surface area contributed by atoms with Crippen LogP contribution >= 0.6 is 0 Å². The second-order valence-corrected chi connectivity index (χ2v) is 6.07. The molecule has 142 valence electrons. The molecule has 1 unspecified atom stereocenters. The molecule has 0 heterocycles. The Labute approximate surface area is 160 Å². The zero-order chi connectivity index (χ0) is 19.6. The van der Waals surface area contributed by atoms with Crippen LogP contribution < -0.4 is 10.1 Å². The van der Waals surface area contributed by atoms with Gasteiger partial charge in [-0.05, 0) is 23.3 Å². The summed E-state index contributed by atoms with van der Waals surface area (Å²) in [4.78, 5) is 27.2. The molecule has 0 radical (unpaired) electrons. The van der Waals surface area contributed by atoms with E-state index in [1.807, 2.05) is 54.6 Å². The molecule has 0 aliphatic rings. The zero-order valence-electron chi connectivity index (χ0n) is 15.9. The summed E-state index contributed by atoms with van der Waals surface area (Å²) in [6, 6.07) is 16.1. The molecule has 5 nitrogen and oxygen atoms in total. The van der Waals surface area contributed by atoms with Crippen LogP contribution in [0.25, 0.3) is 0 Å². The van der Waals surface area contributed by atoms with Gasteiger partial charge in [-0.3, -0.25) is 9.59 Å². The van der Waals surface area contributed by atoms with Crippen molar-refractivity contribution in [2.24, 2.45) is 0 Å². The normalized spacial score (nSPS) is 11.3. The van der Waals surface area contributed by atoms with Crippen molar-refractivity contribution in [3.8, 4) is 5.75 Å². The highest BCUT2D eigenvalue weighted by molar-refractivity contribution is 5.88. The minimum absolute atomic E-state index is 0.0894. The number of nitrogens with zero attached hydrogens (tertiary/aromatic N) is 1. The highest BCUT2D eigenvalue weighted by atomic mass is 16.5. The van der Waals surface area contributed by atoms with E-state index in [1.165, 1.54) is 0 Å². The Hall–Kier alpha value is -3.08. The number of hydrogen-bond donors (Lipinski definition) is 1. The molecule has 5 heteroatoms. The van der Waals surface area contributed by atoms with Crippen molar-refractivity contribution in [3.63, 3.8) is 0 Å². The van der Waals surface area contributed by atoms with Crippen molar-refractivity contribution in [1.29, 1.82) is 0 Å². The molecule has 0 saturated heterocycles. The van der Waals surface area contributed by atoms with Gasteiger partial charge in [0.25, 0.3) is 0 Å². The van der Waals surface area contributed by atoms with Crippen LogP contribution in [0.15, 0.2) is 67.3 Å². The van der Waals surface area contributed by atoms with E-state index < -0.39 is 6.04 Å². The average molecular weight is 366 g/mol. The van der Waals surface area contributed by atoms with Crippen LogP contribution in [0.5, 0.6) is 5.75 Å². The smallest absolute Gasteiger partial charge is 0.247 e. The third kappa shape index (κ3) is 5.45. The van der Waals surface area contributed by atoms with Crippen molar-refractivity contribution in [2.75, 3.05) is 13.7 Å². The summed E-state index contributed by atoms with van der Waals surface area (Å²) >= 11 is 0. The lowest BCUT2D eigenvalue weighted by Gasteiger charge is -2.31. The Balaban J connectivity index is 2.38. The van der Waals surface area contributed by atoms with Crippen LogP contribution in [0.2, 0.25) is 0 Å². The van der Waals surface area contributed by atoms with Gasteiger partial charge in [0.2, 0.25) is 11.8 Å². The molecular weight excluding hydrogens is 340 g/mol. The fourth-order valence-corrected chi connectivity index (χ4v) is 2.83. The highest BCUT2D eigenvalue weighted by Gasteiger charge is 2.30. The number of carbonyl (C=O) groups excluding carboxylic acids is 2. The van der Waals surface area contributed by atoms with Crippen molar-refractivity contribution in [2.45, 2.75) is 25.9 Å². The summed E-state index contributed by atoms with van der Waals surface area (Å²) in [5, 5.41) is 2.82. The van der Waals surface area contributed by atoms with Gasteiger partial charge >= 0.3 is 0 Å². The third-order valence-corrected chi connectivity index (χ3v) is 4.23. The van der Waals surface area contributed by atoms with Crippen molar-refractivity contribution in [1.82, 2.24) is 10.2 Å². The lowest BCUT2D eigenvalue weighted by molar-refractivity contribution is -0.141. The fraction of sp³-hybridized carbons (Fsp3) is 0.273. The van der Waals surface area contributed by atoms with E-state index in [-0.39, 0.29) is 11.8 Å². The summed E-state index contributed by atoms with van der Waals surface area (Å²) in [6.07, 6.45) is 1.93. The number of carbonyl (C=O) groups is 2. The summed E-state index contributed by atoms with van der Waals surface area (Å²) in [5.41, 5.74) is 1.70. The zero-order valence-corrected chi connectivity index (χ0v) is 15.9. The Morgan fingerprint density at radius 3 is 2.37 bits per heavy atom. The largest absolute Gasteiger partial charge is 0.497 e. The molecule has 2 aromatic rings. The van der Waals surface area contributed by atoms with Gasteiger partial charge in [-0.2, -0.15) is 0 Å². The van der Waals surface area contributed by atoms with Gasteiger partial charge in [-0.1, -0.05) is 55.5 Å². The first-order valence-electron chi connectivity index (χ1n) is 8.96. The first-order chi connectivity index (χ1) is 13.1. The lowest BCUT2D eigenvalue weighted by atomic mass is 10.0. The summed E-state index contributed by atoms with van der Waals surface area (Å²) in [5.74, 6) is 0.431. The van der Waals surface area contributed by atoms with Gasteiger partial charge in [0.1, 0.15) is 11.8 Å². The van der Waals surface area contributed by atoms with Crippen molar-refractivity contribution < 1.29 is 14.3 Å². The predicted molar refractivity (Wildman–Crippen MR) is 106 cm³/mol. The quantitative estimate of drug-likeness (QED) is 0.691. The van der Waals surface area contributed by atoms with Gasteiger partial charge in [-0.15, -0.1) is 6.58 Å². The lowest BCUT2D eigenvalue weighted by Crippen LogP contribution is -2.43. The number of hydrogen-bond acceptors (Lipinski definition) is 3. The van der Waals surface area contributed by atoms with Gasteiger partial charge in [-0.25, -0.2) is 0 Å². The highest BCUT2D eigenvalue weighted by Crippen LogP contribution is 2.25. The fourth-order valence-electron chi connectivity index (χ4n) is 2.83. The SMILES string of the molecule is C=CCNC(=O)C(c1ccccc1)N(Cc1ccc(OC)cc1)C(=O)CC. The molecule has 0 spiro atoms. The minimum atomic E-state index is -0.708. The Kier molecular flexibility index (Phi) is 7.62. The van der Waals surface area contributed by atoms with Crippen LogP contribution in [-0.2, 0) is 16.1 Å². The molecule has 0 saturated carbocycles. The number of methoxy groups -OCH3 is 1. The Morgan fingerprint density at radius 1 is 1.15 bits per heavy atom. The van der Waals surface area contributed by atoms with Gasteiger partial charge in [0.15, 0.2) is 0 Å². The van der Waals surface area contributed by atoms with Crippen LogP contribution in [0.4, 0.5) is 0 Å². The molecule has 0 fully saturated rings. The first kappa shape index (κ1) is 20.2. The Morgan fingerprint density at radius 2 is 1.81 bits per heavy atom. The van der Waals surface area contributed by atoms with Gasteiger partial charge < -0.3 is 15.0 Å². The molecule has 2 amide bonds. The van der Waals surface area contributed by atoms with Gasteiger partial charge in [0.05, 0.1) is 7.11 Å². The molecule has 2 rings (SSSR count). The second kappa shape index (κ2) is 10.2. The minimum Gasteiger partial charge on any atom is -0.497 e. The topological polar surface area (TPSA) is 58.6 Å². The Bertz CT molecular complexity index is 757. The molecular formula is C22H26N2O3. The molecule has 0 aliphatic carbocycles. The molecule has 2 aromatic carbocycles. The van der Waals surface area contributed by atoms with E-state index in [0.29, 0.717) is 19.5 Å². The first-order valence-corrected chi connectivity index (χ1v) is 8.96. The summed E-state index contributed by atoms with van der Waals surface area (Å²) in [7, 11) is 1.61. The predicted octanol–water partition coefficient (Wildman–Crippen LogP) is 3.48. The van der Waals surface area contributed by atoms with E-state index in [0.717, 1.165) is 16.9 Å². The standard InChI is InChI=1S/C22H26N2O3/c1-4-15-23-22(26)21(18-9-7-6-8-10-18)24(20(25)5-2)16-17-11-13-19(27-3)14-12-17/h4,6-14,21H,1,5,15-16H2,2-3H3,(H,23,26). The van der Waals surface area contributed by atoms with Crippen LogP contribution in [0.1, 0.15) is 30.5 Å². The summed E-state index contributed by atoms with van der Waals surface area (Å²) in [6.45, 7) is 6.11. The number of amides is 2. The maximum Gasteiger partial charge on any atom is 0.247 e. The number of ether oxygens (including phenoxy) is 1. The molecule has 0 aliphatic heterocycles. The monoisotopic (exact) mass is 366 g/mol. The van der Waals surface area contributed by atoms with Gasteiger partial charge in [0, 0.05) is 19.5 Å². The average Bonchev–Trinajstić information content (AvgIpc) is 2.72. The van der Waals surface area contributed by atoms with Crippen molar-refractivity contribution in [3.05, 3.63) is 78.4 Å². The molecule has 27 heavy (non-hydrogen) atoms. The maximum atomic E-state index is 12.9. The van der Waals surface area contributed by atoms with Crippen LogP contribution in [0, 0.1) is 0 Å². The third-order valence-electron chi connectivity index (χ3n) is 4.23. The molecule has 1 atom stereocenters. The maximum absolute atomic E-state index is 12.9. The van der Waals surface area contributed by atoms with E-state index in [4.69, 9.17) is 4.74 Å². The van der Waals surface area contributed by atoms with Crippen LogP contribution in [-0.4, -0.2) is 30.4 Å². The van der Waals surface area contributed by atoms with E-state index in [1.54, 1.807) is 25.0 Å². The molecule has 0 aromatic heterocycles. The molecule has 0 bridgehead atoms. The number of benzene rings is 2. The number of nitrogens with one attached hydrogen (secondary N) is 1. The van der Waals surface area contributed by atoms with Crippen LogP contribution in [0.3, 0.4) is 0 Å². The van der Waals surface area contributed by atoms with E-state index in [2.05, 4.69) is 11.9 Å². The van der Waals surface area contributed by atoms with E-state index >= 15 is 0 Å². The van der Waals surface area contributed by atoms with Crippen molar-refractivity contribution >= 4 is 11.8 Å². The molecule has 1 N–H and O–H groups in total.